The Kier molecular flexibility index (Phi) is 6.10. The molecular formula is C18H10Cl3N3OS3. The second-order valence-electron chi connectivity index (χ2n) is 5.59. The highest BCUT2D eigenvalue weighted by Crippen LogP contribution is 2.37. The standard InChI is InChI=1S/C18H10Cl3N3OS3/c19-10-5-6-11-13(7-10)27-15(14(11)21)16(25)22-17-23-24-18(28-17)26-8-9-3-1-2-4-12(9)20/h1-7H,8H2,(H,22,23,25). The van der Waals surface area contributed by atoms with Gasteiger partial charge in [-0.2, -0.15) is 0 Å². The van der Waals surface area contributed by atoms with Gasteiger partial charge in [-0.05, 0) is 23.8 Å². The van der Waals surface area contributed by atoms with E-state index in [1.807, 2.05) is 30.3 Å². The first-order valence-electron chi connectivity index (χ1n) is 7.90. The first-order valence-corrected chi connectivity index (χ1v) is 11.6. The minimum absolute atomic E-state index is 0.318. The Hall–Kier alpha value is -1.35. The molecule has 0 aliphatic heterocycles. The fourth-order valence-corrected chi connectivity index (χ4v) is 6.13. The van der Waals surface area contributed by atoms with E-state index >= 15 is 0 Å². The quantitative estimate of drug-likeness (QED) is 0.238. The zero-order chi connectivity index (χ0) is 19.7. The molecule has 2 heterocycles. The first kappa shape index (κ1) is 19.9. The highest BCUT2D eigenvalue weighted by molar-refractivity contribution is 8.00. The highest BCUT2D eigenvalue weighted by atomic mass is 35.5. The average Bonchev–Trinajstić information content (AvgIpc) is 3.25. The predicted molar refractivity (Wildman–Crippen MR) is 121 cm³/mol. The minimum atomic E-state index is -0.318. The number of thiophene rings is 1. The lowest BCUT2D eigenvalue weighted by molar-refractivity contribution is 0.103. The van der Waals surface area contributed by atoms with Gasteiger partial charge in [0.1, 0.15) is 4.88 Å². The monoisotopic (exact) mass is 485 g/mol. The number of nitrogens with one attached hydrogen (secondary N) is 1. The number of hydrogen-bond acceptors (Lipinski definition) is 6. The van der Waals surface area contributed by atoms with Gasteiger partial charge in [-0.25, -0.2) is 0 Å². The minimum Gasteiger partial charge on any atom is -0.296 e. The van der Waals surface area contributed by atoms with Gasteiger partial charge in [0.2, 0.25) is 5.13 Å². The molecule has 0 atom stereocenters. The number of amides is 1. The number of carbonyl (C=O) groups is 1. The molecule has 4 rings (SSSR count). The Morgan fingerprint density at radius 1 is 1.07 bits per heavy atom. The number of carbonyl (C=O) groups excluding carboxylic acids is 1. The van der Waals surface area contributed by atoms with E-state index in [0.717, 1.165) is 20.0 Å². The van der Waals surface area contributed by atoms with Gasteiger partial charge in [0.25, 0.3) is 5.91 Å². The summed E-state index contributed by atoms with van der Waals surface area (Å²) in [6.07, 6.45) is 0. The summed E-state index contributed by atoms with van der Waals surface area (Å²) in [5, 5.41) is 13.9. The number of halogens is 3. The van der Waals surface area contributed by atoms with Crippen molar-refractivity contribution in [3.63, 3.8) is 0 Å². The van der Waals surface area contributed by atoms with Gasteiger partial charge in [-0.1, -0.05) is 82.2 Å². The van der Waals surface area contributed by atoms with Crippen LogP contribution in [0.15, 0.2) is 46.8 Å². The van der Waals surface area contributed by atoms with Crippen LogP contribution in [0, 0.1) is 0 Å². The second-order valence-corrected chi connectivity index (χ2v) is 10.1. The molecular weight excluding hydrogens is 477 g/mol. The Morgan fingerprint density at radius 2 is 1.89 bits per heavy atom. The molecule has 4 aromatic rings. The molecule has 1 N–H and O–H groups in total. The van der Waals surface area contributed by atoms with Crippen molar-refractivity contribution in [3.05, 3.63) is 68.0 Å². The van der Waals surface area contributed by atoms with Crippen LogP contribution >= 0.6 is 69.2 Å². The molecule has 28 heavy (non-hydrogen) atoms. The molecule has 2 aromatic carbocycles. The van der Waals surface area contributed by atoms with Gasteiger partial charge in [-0.3, -0.25) is 10.1 Å². The van der Waals surface area contributed by atoms with Crippen molar-refractivity contribution >= 4 is 90.4 Å². The van der Waals surface area contributed by atoms with E-state index < -0.39 is 0 Å². The van der Waals surface area contributed by atoms with Crippen molar-refractivity contribution in [2.75, 3.05) is 5.32 Å². The largest absolute Gasteiger partial charge is 0.296 e. The molecule has 1 amide bonds. The second kappa shape index (κ2) is 8.57. The lowest BCUT2D eigenvalue weighted by Gasteiger charge is -2.00. The fourth-order valence-electron chi connectivity index (χ4n) is 2.41. The van der Waals surface area contributed by atoms with Crippen LogP contribution in [0.3, 0.4) is 0 Å². The van der Waals surface area contributed by atoms with Crippen molar-refractivity contribution in [3.8, 4) is 0 Å². The van der Waals surface area contributed by atoms with Gasteiger partial charge in [0.05, 0.1) is 5.02 Å². The third-order valence-corrected chi connectivity index (χ3v) is 8.01. The topological polar surface area (TPSA) is 54.9 Å². The van der Waals surface area contributed by atoms with E-state index in [9.17, 15) is 4.79 Å². The fraction of sp³-hybridized carbons (Fsp3) is 0.0556. The summed E-state index contributed by atoms with van der Waals surface area (Å²) in [6.45, 7) is 0. The van der Waals surface area contributed by atoms with Crippen molar-refractivity contribution in [2.45, 2.75) is 10.1 Å². The molecule has 0 fully saturated rings. The third kappa shape index (κ3) is 4.30. The molecule has 0 saturated carbocycles. The van der Waals surface area contributed by atoms with E-state index in [1.165, 1.54) is 34.4 Å². The number of thioether (sulfide) groups is 1. The first-order chi connectivity index (χ1) is 13.5. The lowest BCUT2D eigenvalue weighted by Crippen LogP contribution is -2.10. The summed E-state index contributed by atoms with van der Waals surface area (Å²) in [7, 11) is 0. The maximum absolute atomic E-state index is 12.6. The summed E-state index contributed by atoms with van der Waals surface area (Å²) in [5.41, 5.74) is 1.02. The van der Waals surface area contributed by atoms with Crippen molar-refractivity contribution < 1.29 is 4.79 Å². The van der Waals surface area contributed by atoms with Crippen LogP contribution in [0.5, 0.6) is 0 Å². The van der Waals surface area contributed by atoms with Crippen LogP contribution in [0.2, 0.25) is 15.1 Å². The summed E-state index contributed by atoms with van der Waals surface area (Å²) in [4.78, 5) is 13.0. The van der Waals surface area contributed by atoms with Crippen LogP contribution < -0.4 is 5.32 Å². The maximum Gasteiger partial charge on any atom is 0.269 e. The molecule has 0 unspecified atom stereocenters. The Bertz CT molecular complexity index is 1180. The summed E-state index contributed by atoms with van der Waals surface area (Å²) >= 11 is 22.6. The number of anilines is 1. The average molecular weight is 487 g/mol. The normalized spacial score (nSPS) is 11.1. The van der Waals surface area contributed by atoms with Crippen LogP contribution in [0.4, 0.5) is 5.13 Å². The molecule has 0 bridgehead atoms. The molecule has 4 nitrogen and oxygen atoms in total. The van der Waals surface area contributed by atoms with Gasteiger partial charge < -0.3 is 0 Å². The summed E-state index contributed by atoms with van der Waals surface area (Å²) in [6, 6.07) is 13.0. The molecule has 0 aliphatic rings. The van der Waals surface area contributed by atoms with Gasteiger partial charge >= 0.3 is 0 Å². The van der Waals surface area contributed by atoms with Gasteiger partial charge in [-0.15, -0.1) is 21.5 Å². The summed E-state index contributed by atoms with van der Waals surface area (Å²) in [5.74, 6) is 0.353. The van der Waals surface area contributed by atoms with Crippen LogP contribution in [-0.2, 0) is 5.75 Å². The van der Waals surface area contributed by atoms with Gasteiger partial charge in [0.15, 0.2) is 4.34 Å². The van der Waals surface area contributed by atoms with Crippen LogP contribution in [0.25, 0.3) is 10.1 Å². The number of benzene rings is 2. The molecule has 142 valence electrons. The predicted octanol–water partition coefficient (Wildman–Crippen LogP) is 7.26. The van der Waals surface area contributed by atoms with Crippen molar-refractivity contribution in [1.29, 1.82) is 0 Å². The van der Waals surface area contributed by atoms with E-state index in [0.29, 0.717) is 30.8 Å². The van der Waals surface area contributed by atoms with Crippen molar-refractivity contribution in [1.82, 2.24) is 10.2 Å². The van der Waals surface area contributed by atoms with E-state index in [2.05, 4.69) is 15.5 Å². The lowest BCUT2D eigenvalue weighted by atomic mass is 10.2. The number of hydrogen-bond donors (Lipinski definition) is 1. The highest BCUT2D eigenvalue weighted by Gasteiger charge is 2.19. The SMILES string of the molecule is O=C(Nc1nnc(SCc2ccccc2Cl)s1)c1sc2cc(Cl)ccc2c1Cl. The third-order valence-electron chi connectivity index (χ3n) is 3.73. The number of rotatable bonds is 5. The zero-order valence-electron chi connectivity index (χ0n) is 13.9. The maximum atomic E-state index is 12.6. The van der Waals surface area contributed by atoms with E-state index in [4.69, 9.17) is 34.8 Å². The zero-order valence-corrected chi connectivity index (χ0v) is 18.6. The molecule has 0 aliphatic carbocycles. The molecule has 2 aromatic heterocycles. The molecule has 0 radical (unpaired) electrons. The van der Waals surface area contributed by atoms with Crippen LogP contribution in [0.1, 0.15) is 15.2 Å². The molecule has 0 spiro atoms. The van der Waals surface area contributed by atoms with Crippen LogP contribution in [-0.4, -0.2) is 16.1 Å². The molecule has 0 saturated heterocycles. The Morgan fingerprint density at radius 3 is 2.71 bits per heavy atom. The van der Waals surface area contributed by atoms with Gasteiger partial charge in [0, 0.05) is 25.9 Å². The van der Waals surface area contributed by atoms with Crippen molar-refractivity contribution in [2.24, 2.45) is 0 Å². The molecule has 10 heteroatoms. The Labute approximate surface area is 187 Å². The van der Waals surface area contributed by atoms with E-state index in [1.54, 1.807) is 12.1 Å². The number of aromatic nitrogens is 2. The Balaban J connectivity index is 1.46. The summed E-state index contributed by atoms with van der Waals surface area (Å²) < 4.78 is 1.60. The smallest absolute Gasteiger partial charge is 0.269 e. The number of nitrogens with zero attached hydrogens (tertiary/aromatic N) is 2. The van der Waals surface area contributed by atoms with E-state index in [-0.39, 0.29) is 5.91 Å². The number of fused-ring (bicyclic) bond motifs is 1.